The van der Waals surface area contributed by atoms with Crippen molar-refractivity contribution in [3.63, 3.8) is 0 Å². The van der Waals surface area contributed by atoms with Gasteiger partial charge in [-0.05, 0) is 51.8 Å². The summed E-state index contributed by atoms with van der Waals surface area (Å²) < 4.78 is 13.2. The number of amides is 1. The molecule has 0 spiro atoms. The van der Waals surface area contributed by atoms with Crippen LogP contribution in [0.5, 0.6) is 0 Å². The largest absolute Gasteiger partial charge is 0.350 e. The molecule has 0 aliphatic carbocycles. The maximum absolute atomic E-state index is 13.2. The molecule has 0 saturated heterocycles. The number of hydrogen-bond donors (Lipinski definition) is 2. The first-order valence-corrected chi connectivity index (χ1v) is 7.08. The van der Waals surface area contributed by atoms with E-state index < -0.39 is 0 Å². The zero-order valence-corrected chi connectivity index (χ0v) is 13.0. The summed E-state index contributed by atoms with van der Waals surface area (Å²) in [4.78, 5) is 12.1. The highest BCUT2D eigenvalue weighted by atomic mass is 19.1. The maximum Gasteiger partial charge on any atom is 0.237 e. The smallest absolute Gasteiger partial charge is 0.237 e. The molecule has 0 aromatic heterocycles. The highest BCUT2D eigenvalue weighted by Crippen LogP contribution is 2.14. The molecule has 1 unspecified atom stereocenters. The van der Waals surface area contributed by atoms with E-state index in [2.05, 4.69) is 10.6 Å². The van der Waals surface area contributed by atoms with Crippen LogP contribution in [0.25, 0.3) is 0 Å². The van der Waals surface area contributed by atoms with Crippen molar-refractivity contribution in [2.24, 2.45) is 0 Å². The summed E-state index contributed by atoms with van der Waals surface area (Å²) in [5.41, 5.74) is 0.620. The van der Waals surface area contributed by atoms with Gasteiger partial charge in [-0.15, -0.1) is 0 Å². The Labute approximate surface area is 121 Å². The summed E-state index contributed by atoms with van der Waals surface area (Å²) in [7, 11) is 0. The Bertz CT molecular complexity index is 460. The van der Waals surface area contributed by atoms with Crippen LogP contribution in [-0.4, -0.2) is 17.5 Å². The predicted octanol–water partition coefficient (Wildman–Crippen LogP) is 3.17. The molecule has 1 amide bonds. The van der Waals surface area contributed by atoms with E-state index in [4.69, 9.17) is 0 Å². The van der Waals surface area contributed by atoms with Gasteiger partial charge in [0.2, 0.25) is 5.91 Å². The maximum atomic E-state index is 13.2. The van der Waals surface area contributed by atoms with Crippen LogP contribution in [0.1, 0.15) is 52.6 Å². The van der Waals surface area contributed by atoms with Crippen LogP contribution in [0, 0.1) is 5.82 Å². The summed E-state index contributed by atoms with van der Waals surface area (Å²) in [6.07, 6.45) is 0.866. The third-order valence-corrected chi connectivity index (χ3v) is 3.59. The van der Waals surface area contributed by atoms with Crippen molar-refractivity contribution in [1.82, 2.24) is 10.6 Å². The number of rotatable bonds is 6. The topological polar surface area (TPSA) is 41.1 Å². The number of benzene rings is 1. The van der Waals surface area contributed by atoms with Crippen LogP contribution in [0.2, 0.25) is 0 Å². The standard InChI is InChI=1S/C16H25FN2O/c1-6-16(4,5)19-15(20)12(3)18-11(2)13-8-7-9-14(17)10-13/h7-12,18H,6H2,1-5H3,(H,19,20)/t11-,12?/m0/s1. The molecule has 1 rings (SSSR count). The molecule has 3 nitrogen and oxygen atoms in total. The lowest BCUT2D eigenvalue weighted by atomic mass is 10.0. The Morgan fingerprint density at radius 1 is 1.35 bits per heavy atom. The number of halogens is 1. The predicted molar refractivity (Wildman–Crippen MR) is 79.9 cm³/mol. The quantitative estimate of drug-likeness (QED) is 0.840. The summed E-state index contributed by atoms with van der Waals surface area (Å²) in [5, 5.41) is 6.19. The van der Waals surface area contributed by atoms with Gasteiger partial charge < -0.3 is 5.32 Å². The molecule has 20 heavy (non-hydrogen) atoms. The van der Waals surface area contributed by atoms with E-state index in [9.17, 15) is 9.18 Å². The zero-order chi connectivity index (χ0) is 15.3. The van der Waals surface area contributed by atoms with Crippen LogP contribution < -0.4 is 10.6 Å². The van der Waals surface area contributed by atoms with E-state index >= 15 is 0 Å². The van der Waals surface area contributed by atoms with Gasteiger partial charge in [-0.3, -0.25) is 10.1 Å². The van der Waals surface area contributed by atoms with Crippen LogP contribution in [-0.2, 0) is 4.79 Å². The number of carbonyl (C=O) groups is 1. The minimum atomic E-state index is -0.334. The summed E-state index contributed by atoms with van der Waals surface area (Å²) in [6, 6.07) is 6.00. The molecule has 0 radical (unpaired) electrons. The van der Waals surface area contributed by atoms with Gasteiger partial charge in [-0.1, -0.05) is 19.1 Å². The number of carbonyl (C=O) groups excluding carboxylic acids is 1. The van der Waals surface area contributed by atoms with E-state index in [1.165, 1.54) is 12.1 Å². The SMILES string of the molecule is CCC(C)(C)NC(=O)C(C)N[C@@H](C)c1cccc(F)c1. The monoisotopic (exact) mass is 280 g/mol. The van der Waals surface area contributed by atoms with Crippen LogP contribution in [0.3, 0.4) is 0 Å². The molecule has 1 aromatic rings. The number of nitrogens with one attached hydrogen (secondary N) is 2. The molecule has 112 valence electrons. The zero-order valence-electron chi connectivity index (χ0n) is 13.0. The Morgan fingerprint density at radius 3 is 2.55 bits per heavy atom. The average molecular weight is 280 g/mol. The summed E-state index contributed by atoms with van der Waals surface area (Å²) in [6.45, 7) is 9.76. The second kappa shape index (κ2) is 6.84. The first-order valence-electron chi connectivity index (χ1n) is 7.08. The lowest BCUT2D eigenvalue weighted by molar-refractivity contribution is -0.124. The van der Waals surface area contributed by atoms with E-state index in [0.717, 1.165) is 12.0 Å². The third kappa shape index (κ3) is 4.93. The Kier molecular flexibility index (Phi) is 5.69. The van der Waals surface area contributed by atoms with Crippen molar-refractivity contribution in [3.05, 3.63) is 35.6 Å². The molecule has 4 heteroatoms. The fraction of sp³-hybridized carbons (Fsp3) is 0.562. The second-order valence-corrected chi connectivity index (χ2v) is 5.89. The molecule has 0 fully saturated rings. The summed E-state index contributed by atoms with van der Waals surface area (Å²) in [5.74, 6) is -0.305. The van der Waals surface area contributed by atoms with Crippen molar-refractivity contribution in [3.8, 4) is 0 Å². The molecule has 0 aliphatic heterocycles. The Balaban J connectivity index is 2.61. The first-order chi connectivity index (χ1) is 9.25. The van der Waals surface area contributed by atoms with E-state index in [1.54, 1.807) is 6.07 Å². The van der Waals surface area contributed by atoms with Gasteiger partial charge in [0.05, 0.1) is 6.04 Å². The fourth-order valence-electron chi connectivity index (χ4n) is 1.85. The molecule has 1 aromatic carbocycles. The molecule has 2 N–H and O–H groups in total. The third-order valence-electron chi connectivity index (χ3n) is 3.59. The Morgan fingerprint density at radius 2 is 2.00 bits per heavy atom. The molecular weight excluding hydrogens is 255 g/mol. The Hall–Kier alpha value is -1.42. The van der Waals surface area contributed by atoms with Crippen molar-refractivity contribution in [1.29, 1.82) is 0 Å². The molecular formula is C16H25FN2O. The van der Waals surface area contributed by atoms with Crippen LogP contribution >= 0.6 is 0 Å². The minimum absolute atomic E-state index is 0.0416. The fourth-order valence-corrected chi connectivity index (χ4v) is 1.85. The molecule has 0 heterocycles. The van der Waals surface area contributed by atoms with Gasteiger partial charge in [-0.25, -0.2) is 4.39 Å². The van der Waals surface area contributed by atoms with Gasteiger partial charge in [0.15, 0.2) is 0 Å². The van der Waals surface area contributed by atoms with Crippen molar-refractivity contribution < 1.29 is 9.18 Å². The average Bonchev–Trinajstić information content (AvgIpc) is 2.38. The second-order valence-electron chi connectivity index (χ2n) is 5.89. The van der Waals surface area contributed by atoms with Gasteiger partial charge >= 0.3 is 0 Å². The van der Waals surface area contributed by atoms with E-state index in [1.807, 2.05) is 40.7 Å². The first kappa shape index (κ1) is 16.6. The normalized spacial score (nSPS) is 14.7. The van der Waals surface area contributed by atoms with Gasteiger partial charge in [0.1, 0.15) is 5.82 Å². The highest BCUT2D eigenvalue weighted by Gasteiger charge is 2.22. The molecule has 0 saturated carbocycles. The van der Waals surface area contributed by atoms with Gasteiger partial charge in [0.25, 0.3) is 0 Å². The number of hydrogen-bond acceptors (Lipinski definition) is 2. The van der Waals surface area contributed by atoms with Gasteiger partial charge in [-0.2, -0.15) is 0 Å². The summed E-state index contributed by atoms with van der Waals surface area (Å²) >= 11 is 0. The van der Waals surface area contributed by atoms with Crippen LogP contribution in [0.15, 0.2) is 24.3 Å². The molecule has 2 atom stereocenters. The lowest BCUT2D eigenvalue weighted by Gasteiger charge is -2.28. The van der Waals surface area contributed by atoms with Crippen molar-refractivity contribution >= 4 is 5.91 Å². The highest BCUT2D eigenvalue weighted by molar-refractivity contribution is 5.82. The van der Waals surface area contributed by atoms with E-state index in [-0.39, 0.29) is 29.3 Å². The minimum Gasteiger partial charge on any atom is -0.350 e. The molecule has 0 aliphatic rings. The van der Waals surface area contributed by atoms with Crippen molar-refractivity contribution in [2.75, 3.05) is 0 Å². The van der Waals surface area contributed by atoms with Crippen LogP contribution in [0.4, 0.5) is 4.39 Å². The molecule has 0 bridgehead atoms. The lowest BCUT2D eigenvalue weighted by Crippen LogP contribution is -2.51. The van der Waals surface area contributed by atoms with E-state index in [0.29, 0.717) is 0 Å². The van der Waals surface area contributed by atoms with Crippen molar-refractivity contribution in [2.45, 2.75) is 58.7 Å². The van der Waals surface area contributed by atoms with Gasteiger partial charge in [0, 0.05) is 11.6 Å².